The summed E-state index contributed by atoms with van der Waals surface area (Å²) in [6.45, 7) is 2.26. The van der Waals surface area contributed by atoms with Crippen molar-refractivity contribution in [2.24, 2.45) is 5.92 Å². The molecule has 0 atom stereocenters. The van der Waals surface area contributed by atoms with Gasteiger partial charge in [0.1, 0.15) is 5.82 Å². The van der Waals surface area contributed by atoms with Crippen molar-refractivity contribution < 1.29 is 4.39 Å². The zero-order chi connectivity index (χ0) is 13.0. The van der Waals surface area contributed by atoms with Crippen LogP contribution in [0.4, 0.5) is 4.39 Å². The number of unbranched alkanes of at least 4 members (excludes halogenated alkanes) is 1. The number of halogens is 2. The van der Waals surface area contributed by atoms with Crippen molar-refractivity contribution in [3.8, 4) is 0 Å². The second kappa shape index (κ2) is 6.88. The molecule has 1 fully saturated rings. The first-order valence-electron chi connectivity index (χ1n) is 7.15. The predicted octanol–water partition coefficient (Wildman–Crippen LogP) is 5.89. The molecule has 0 unspecified atom stereocenters. The van der Waals surface area contributed by atoms with Gasteiger partial charge in [-0.3, -0.25) is 0 Å². The van der Waals surface area contributed by atoms with Crippen LogP contribution >= 0.6 is 22.6 Å². The first kappa shape index (κ1) is 14.3. The van der Waals surface area contributed by atoms with Crippen molar-refractivity contribution in [3.05, 3.63) is 33.1 Å². The van der Waals surface area contributed by atoms with Gasteiger partial charge in [0.15, 0.2) is 0 Å². The van der Waals surface area contributed by atoms with Crippen molar-refractivity contribution in [3.63, 3.8) is 0 Å². The molecule has 0 N–H and O–H groups in total. The Balaban J connectivity index is 1.90. The van der Waals surface area contributed by atoms with Crippen LogP contribution in [0, 0.1) is 15.3 Å². The Morgan fingerprint density at radius 2 is 1.94 bits per heavy atom. The molecule has 2 heteroatoms. The Hall–Kier alpha value is -0.120. The molecule has 0 amide bonds. The van der Waals surface area contributed by atoms with Crippen LogP contribution in [0.1, 0.15) is 63.4 Å². The first-order chi connectivity index (χ1) is 8.70. The lowest BCUT2D eigenvalue weighted by atomic mass is 9.77. The molecule has 1 aliphatic carbocycles. The molecule has 0 bridgehead atoms. The van der Waals surface area contributed by atoms with Gasteiger partial charge in [0.25, 0.3) is 0 Å². The summed E-state index contributed by atoms with van der Waals surface area (Å²) in [7, 11) is 0. The fraction of sp³-hybridized carbons (Fsp3) is 0.625. The summed E-state index contributed by atoms with van der Waals surface area (Å²) in [5.41, 5.74) is 1.21. The Morgan fingerprint density at radius 1 is 1.22 bits per heavy atom. The predicted molar refractivity (Wildman–Crippen MR) is 83.3 cm³/mol. The molecule has 0 nitrogen and oxygen atoms in total. The third kappa shape index (κ3) is 3.69. The SMILES string of the molecule is CCCCC1CCC(c2ccc(I)c(F)c2)CC1. The van der Waals surface area contributed by atoms with Gasteiger partial charge in [0.05, 0.1) is 0 Å². The molecule has 18 heavy (non-hydrogen) atoms. The van der Waals surface area contributed by atoms with E-state index < -0.39 is 0 Å². The normalized spacial score (nSPS) is 24.2. The Morgan fingerprint density at radius 3 is 2.56 bits per heavy atom. The lowest BCUT2D eigenvalue weighted by Crippen LogP contribution is -2.13. The van der Waals surface area contributed by atoms with E-state index in [0.717, 1.165) is 9.49 Å². The Labute approximate surface area is 124 Å². The molecule has 1 aliphatic rings. The van der Waals surface area contributed by atoms with Crippen molar-refractivity contribution in [2.75, 3.05) is 0 Å². The van der Waals surface area contributed by atoms with Crippen molar-refractivity contribution in [2.45, 2.75) is 57.8 Å². The van der Waals surface area contributed by atoms with Crippen LogP contribution < -0.4 is 0 Å². The van der Waals surface area contributed by atoms with Crippen molar-refractivity contribution in [1.29, 1.82) is 0 Å². The first-order valence-corrected chi connectivity index (χ1v) is 8.23. The van der Waals surface area contributed by atoms with Gasteiger partial charge in [-0.2, -0.15) is 0 Å². The average molecular weight is 360 g/mol. The molecule has 0 aliphatic heterocycles. The average Bonchev–Trinajstić information content (AvgIpc) is 2.40. The monoisotopic (exact) mass is 360 g/mol. The van der Waals surface area contributed by atoms with Gasteiger partial charge in [-0.05, 0) is 77.8 Å². The maximum atomic E-state index is 13.6. The molecule has 1 saturated carbocycles. The Kier molecular flexibility index (Phi) is 5.46. The molecule has 0 spiro atoms. The van der Waals surface area contributed by atoms with Crippen molar-refractivity contribution in [1.82, 2.24) is 0 Å². The molecule has 2 rings (SSSR count). The van der Waals surface area contributed by atoms with E-state index in [4.69, 9.17) is 0 Å². The number of hydrogen-bond acceptors (Lipinski definition) is 0. The van der Waals surface area contributed by atoms with Gasteiger partial charge in [-0.25, -0.2) is 4.39 Å². The van der Waals surface area contributed by atoms with Crippen molar-refractivity contribution >= 4 is 22.6 Å². The largest absolute Gasteiger partial charge is 0.206 e. The molecular formula is C16H22FI. The molecular weight excluding hydrogens is 338 g/mol. The van der Waals surface area contributed by atoms with E-state index in [-0.39, 0.29) is 5.82 Å². The molecule has 1 aromatic rings. The second-order valence-corrected chi connectivity index (χ2v) is 6.70. The van der Waals surface area contributed by atoms with Gasteiger partial charge < -0.3 is 0 Å². The summed E-state index contributed by atoms with van der Waals surface area (Å²) in [6.07, 6.45) is 9.22. The summed E-state index contributed by atoms with van der Waals surface area (Å²) in [4.78, 5) is 0. The van der Waals surface area contributed by atoms with Gasteiger partial charge >= 0.3 is 0 Å². The summed E-state index contributed by atoms with van der Waals surface area (Å²) >= 11 is 2.06. The summed E-state index contributed by atoms with van der Waals surface area (Å²) in [6, 6.07) is 5.77. The van der Waals surface area contributed by atoms with E-state index >= 15 is 0 Å². The van der Waals surface area contributed by atoms with Gasteiger partial charge in [0.2, 0.25) is 0 Å². The van der Waals surface area contributed by atoms with Crippen LogP contribution in [-0.2, 0) is 0 Å². The number of rotatable bonds is 4. The highest BCUT2D eigenvalue weighted by Crippen LogP contribution is 2.38. The zero-order valence-corrected chi connectivity index (χ0v) is 13.2. The zero-order valence-electron chi connectivity index (χ0n) is 11.1. The summed E-state index contributed by atoms with van der Waals surface area (Å²) < 4.78 is 14.3. The fourth-order valence-electron chi connectivity index (χ4n) is 3.04. The molecule has 0 radical (unpaired) electrons. The minimum absolute atomic E-state index is 0.0544. The van der Waals surface area contributed by atoms with E-state index in [0.29, 0.717) is 5.92 Å². The fourth-order valence-corrected chi connectivity index (χ4v) is 3.38. The highest BCUT2D eigenvalue weighted by atomic mass is 127. The summed E-state index contributed by atoms with van der Waals surface area (Å²) in [5, 5.41) is 0. The molecule has 100 valence electrons. The standard InChI is InChI=1S/C16H22FI/c1-2-3-4-12-5-7-13(8-6-12)14-9-10-16(18)15(17)11-14/h9-13H,2-8H2,1H3. The summed E-state index contributed by atoms with van der Waals surface area (Å²) in [5.74, 6) is 1.46. The van der Waals surface area contributed by atoms with Crippen LogP contribution in [0.2, 0.25) is 0 Å². The third-order valence-corrected chi connectivity index (χ3v) is 5.10. The third-order valence-electron chi connectivity index (χ3n) is 4.23. The lowest BCUT2D eigenvalue weighted by molar-refractivity contribution is 0.304. The van der Waals surface area contributed by atoms with Crippen LogP contribution in [0.15, 0.2) is 18.2 Å². The van der Waals surface area contributed by atoms with Gasteiger partial charge in [-0.1, -0.05) is 32.3 Å². The highest BCUT2D eigenvalue weighted by molar-refractivity contribution is 14.1. The number of benzene rings is 1. The van der Waals surface area contributed by atoms with E-state index in [1.165, 1.54) is 50.5 Å². The van der Waals surface area contributed by atoms with Crippen LogP contribution in [0.25, 0.3) is 0 Å². The number of hydrogen-bond donors (Lipinski definition) is 0. The maximum Gasteiger partial charge on any atom is 0.136 e. The minimum Gasteiger partial charge on any atom is -0.206 e. The molecule has 0 saturated heterocycles. The quantitative estimate of drug-likeness (QED) is 0.587. The van der Waals surface area contributed by atoms with Crippen LogP contribution in [-0.4, -0.2) is 0 Å². The minimum atomic E-state index is -0.0544. The topological polar surface area (TPSA) is 0 Å². The second-order valence-electron chi connectivity index (χ2n) is 5.53. The van der Waals surface area contributed by atoms with E-state index in [2.05, 4.69) is 35.6 Å². The lowest BCUT2D eigenvalue weighted by Gasteiger charge is -2.28. The molecule has 0 heterocycles. The van der Waals surface area contributed by atoms with Crippen LogP contribution in [0.5, 0.6) is 0 Å². The van der Waals surface area contributed by atoms with E-state index in [1.54, 1.807) is 6.07 Å². The highest BCUT2D eigenvalue weighted by Gasteiger charge is 2.22. The molecule has 0 aromatic heterocycles. The van der Waals surface area contributed by atoms with Gasteiger partial charge in [-0.15, -0.1) is 0 Å². The van der Waals surface area contributed by atoms with E-state index in [1.807, 2.05) is 6.07 Å². The maximum absolute atomic E-state index is 13.6. The smallest absolute Gasteiger partial charge is 0.136 e. The van der Waals surface area contributed by atoms with Gasteiger partial charge in [0, 0.05) is 3.57 Å². The van der Waals surface area contributed by atoms with E-state index in [9.17, 15) is 4.39 Å². The molecule has 1 aromatic carbocycles. The Bertz CT molecular complexity index is 381. The van der Waals surface area contributed by atoms with Crippen LogP contribution in [0.3, 0.4) is 0 Å².